The molecule has 0 saturated carbocycles. The van der Waals surface area contributed by atoms with E-state index in [0.29, 0.717) is 6.61 Å². The van der Waals surface area contributed by atoms with Crippen LogP contribution in [0.25, 0.3) is 0 Å². The first kappa shape index (κ1) is 8.70. The SMILES string of the molecule is CCCOC(=O)C=CC#N. The molecule has 0 saturated heterocycles. The van der Waals surface area contributed by atoms with Crippen LogP contribution in [0.2, 0.25) is 0 Å². The molecule has 0 spiro atoms. The molecule has 10 heavy (non-hydrogen) atoms. The Hall–Kier alpha value is -1.30. The lowest BCUT2D eigenvalue weighted by molar-refractivity contribution is -0.137. The fourth-order valence-electron chi connectivity index (χ4n) is 0.356. The molecule has 0 aliphatic carbocycles. The lowest BCUT2D eigenvalue weighted by atomic mass is 10.5. The second-order valence-electron chi connectivity index (χ2n) is 1.63. The van der Waals surface area contributed by atoms with Gasteiger partial charge in [-0.15, -0.1) is 0 Å². The molecule has 3 nitrogen and oxygen atoms in total. The summed E-state index contributed by atoms with van der Waals surface area (Å²) in [5.74, 6) is -0.455. The van der Waals surface area contributed by atoms with Crippen molar-refractivity contribution in [3.63, 3.8) is 0 Å². The molecule has 0 aliphatic rings. The molecule has 0 N–H and O–H groups in total. The van der Waals surface area contributed by atoms with Gasteiger partial charge in [-0.2, -0.15) is 5.26 Å². The van der Waals surface area contributed by atoms with Crippen molar-refractivity contribution < 1.29 is 9.53 Å². The van der Waals surface area contributed by atoms with Crippen molar-refractivity contribution in [2.24, 2.45) is 0 Å². The van der Waals surface area contributed by atoms with Crippen LogP contribution >= 0.6 is 0 Å². The lowest BCUT2D eigenvalue weighted by Gasteiger charge is -1.95. The zero-order chi connectivity index (χ0) is 7.82. The third-order valence-corrected chi connectivity index (χ3v) is 0.742. The Labute approximate surface area is 59.9 Å². The van der Waals surface area contributed by atoms with E-state index in [-0.39, 0.29) is 0 Å². The van der Waals surface area contributed by atoms with Gasteiger partial charge in [0.05, 0.1) is 12.7 Å². The minimum Gasteiger partial charge on any atom is -0.463 e. The van der Waals surface area contributed by atoms with E-state index in [0.717, 1.165) is 18.6 Å². The summed E-state index contributed by atoms with van der Waals surface area (Å²) in [6.07, 6.45) is 3.00. The molecule has 0 rings (SSSR count). The van der Waals surface area contributed by atoms with Gasteiger partial charge in [-0.3, -0.25) is 0 Å². The van der Waals surface area contributed by atoms with Crippen LogP contribution < -0.4 is 0 Å². The number of hydrogen-bond donors (Lipinski definition) is 0. The number of hydrogen-bond acceptors (Lipinski definition) is 3. The second-order valence-corrected chi connectivity index (χ2v) is 1.63. The van der Waals surface area contributed by atoms with Crippen molar-refractivity contribution in [2.45, 2.75) is 13.3 Å². The predicted molar refractivity (Wildman–Crippen MR) is 36.0 cm³/mol. The molecule has 0 aliphatic heterocycles. The molecule has 0 atom stereocenters. The van der Waals surface area contributed by atoms with Gasteiger partial charge in [-0.05, 0) is 6.42 Å². The van der Waals surface area contributed by atoms with Crippen LogP contribution in [0.3, 0.4) is 0 Å². The molecule has 0 bridgehead atoms. The number of nitriles is 1. The number of carbonyl (C=O) groups is 1. The standard InChI is InChI=1S/C7H9NO2/c1-2-6-10-7(9)4-3-5-8/h3-4H,2,6H2,1H3. The summed E-state index contributed by atoms with van der Waals surface area (Å²) >= 11 is 0. The molecule has 0 aromatic carbocycles. The highest BCUT2D eigenvalue weighted by molar-refractivity contribution is 5.82. The normalized spacial score (nSPS) is 9.20. The van der Waals surface area contributed by atoms with Gasteiger partial charge in [0.2, 0.25) is 0 Å². The Morgan fingerprint density at radius 2 is 2.50 bits per heavy atom. The van der Waals surface area contributed by atoms with E-state index in [4.69, 9.17) is 5.26 Å². The smallest absolute Gasteiger partial charge is 0.331 e. The van der Waals surface area contributed by atoms with Crippen LogP contribution in [-0.4, -0.2) is 12.6 Å². The summed E-state index contributed by atoms with van der Waals surface area (Å²) in [7, 11) is 0. The third kappa shape index (κ3) is 4.85. The lowest BCUT2D eigenvalue weighted by Crippen LogP contribution is -2.00. The van der Waals surface area contributed by atoms with Gasteiger partial charge in [0, 0.05) is 12.2 Å². The molecule has 0 aromatic heterocycles. The number of rotatable bonds is 3. The molecule has 0 unspecified atom stereocenters. The fourth-order valence-corrected chi connectivity index (χ4v) is 0.356. The predicted octanol–water partition coefficient (Wildman–Crippen LogP) is 1.02. The molecule has 0 aromatic rings. The molecule has 0 radical (unpaired) electrons. The maximum atomic E-state index is 10.5. The highest BCUT2D eigenvalue weighted by Crippen LogP contribution is 1.83. The van der Waals surface area contributed by atoms with Crippen LogP contribution in [0.15, 0.2) is 12.2 Å². The Kier molecular flexibility index (Phi) is 5.07. The monoisotopic (exact) mass is 139 g/mol. The minimum absolute atomic E-state index is 0.411. The molecule has 0 amide bonds. The van der Waals surface area contributed by atoms with Crippen LogP contribution in [0, 0.1) is 11.3 Å². The van der Waals surface area contributed by atoms with Gasteiger partial charge >= 0.3 is 5.97 Å². The van der Waals surface area contributed by atoms with Gasteiger partial charge in [-0.1, -0.05) is 6.92 Å². The minimum atomic E-state index is -0.455. The highest BCUT2D eigenvalue weighted by Gasteiger charge is 1.92. The Bertz CT molecular complexity index is 167. The summed E-state index contributed by atoms with van der Waals surface area (Å²) in [5, 5.41) is 8.00. The number of ether oxygens (including phenoxy) is 1. The topological polar surface area (TPSA) is 50.1 Å². The van der Waals surface area contributed by atoms with E-state index in [1.165, 1.54) is 0 Å². The first-order chi connectivity index (χ1) is 4.81. The summed E-state index contributed by atoms with van der Waals surface area (Å²) < 4.78 is 4.62. The van der Waals surface area contributed by atoms with Gasteiger partial charge in [0.25, 0.3) is 0 Å². The van der Waals surface area contributed by atoms with Crippen LogP contribution in [-0.2, 0) is 9.53 Å². The van der Waals surface area contributed by atoms with E-state index in [1.54, 1.807) is 6.07 Å². The molecule has 0 heterocycles. The van der Waals surface area contributed by atoms with Crippen molar-refractivity contribution >= 4 is 5.97 Å². The van der Waals surface area contributed by atoms with Crippen LogP contribution in [0.1, 0.15) is 13.3 Å². The van der Waals surface area contributed by atoms with Crippen molar-refractivity contribution in [2.75, 3.05) is 6.61 Å². The molecule has 3 heteroatoms. The average molecular weight is 139 g/mol. The zero-order valence-electron chi connectivity index (χ0n) is 5.83. The first-order valence-electron chi connectivity index (χ1n) is 3.04. The zero-order valence-corrected chi connectivity index (χ0v) is 5.83. The van der Waals surface area contributed by atoms with E-state index < -0.39 is 5.97 Å². The van der Waals surface area contributed by atoms with Gasteiger partial charge in [0.1, 0.15) is 0 Å². The Morgan fingerprint density at radius 3 is 3.00 bits per heavy atom. The van der Waals surface area contributed by atoms with Crippen molar-refractivity contribution in [3.05, 3.63) is 12.2 Å². The molecule has 0 fully saturated rings. The van der Waals surface area contributed by atoms with E-state index in [2.05, 4.69) is 4.74 Å². The van der Waals surface area contributed by atoms with Gasteiger partial charge in [-0.25, -0.2) is 4.79 Å². The largest absolute Gasteiger partial charge is 0.463 e. The van der Waals surface area contributed by atoms with Crippen molar-refractivity contribution in [1.29, 1.82) is 5.26 Å². The summed E-state index contributed by atoms with van der Waals surface area (Å²) in [5.41, 5.74) is 0. The van der Waals surface area contributed by atoms with E-state index >= 15 is 0 Å². The number of allylic oxidation sites excluding steroid dienone is 1. The average Bonchev–Trinajstić information content (AvgIpc) is 1.97. The summed E-state index contributed by atoms with van der Waals surface area (Å²) in [6, 6.07) is 1.69. The summed E-state index contributed by atoms with van der Waals surface area (Å²) in [4.78, 5) is 10.5. The number of esters is 1. The highest BCUT2D eigenvalue weighted by atomic mass is 16.5. The van der Waals surface area contributed by atoms with Crippen LogP contribution in [0.4, 0.5) is 0 Å². The maximum Gasteiger partial charge on any atom is 0.331 e. The third-order valence-electron chi connectivity index (χ3n) is 0.742. The molecule has 54 valence electrons. The Balaban J connectivity index is 3.46. The van der Waals surface area contributed by atoms with Crippen molar-refractivity contribution in [3.8, 4) is 6.07 Å². The van der Waals surface area contributed by atoms with E-state index in [1.807, 2.05) is 6.92 Å². The Morgan fingerprint density at radius 1 is 1.80 bits per heavy atom. The first-order valence-corrected chi connectivity index (χ1v) is 3.04. The van der Waals surface area contributed by atoms with Crippen molar-refractivity contribution in [1.82, 2.24) is 0 Å². The maximum absolute atomic E-state index is 10.5. The number of nitrogens with zero attached hydrogens (tertiary/aromatic N) is 1. The van der Waals surface area contributed by atoms with Crippen LogP contribution in [0.5, 0.6) is 0 Å². The van der Waals surface area contributed by atoms with Gasteiger partial charge in [0.15, 0.2) is 0 Å². The quantitative estimate of drug-likeness (QED) is 0.333. The molecular formula is C7H9NO2. The number of carbonyl (C=O) groups excluding carboxylic acids is 1. The van der Waals surface area contributed by atoms with Gasteiger partial charge < -0.3 is 4.74 Å². The summed E-state index contributed by atoms with van der Waals surface area (Å²) in [6.45, 7) is 2.32. The van der Waals surface area contributed by atoms with E-state index in [9.17, 15) is 4.79 Å². The second kappa shape index (κ2) is 5.83. The molecular weight excluding hydrogens is 130 g/mol. The fraction of sp³-hybridized carbons (Fsp3) is 0.429.